The van der Waals surface area contributed by atoms with Crippen LogP contribution in [0.5, 0.6) is 11.5 Å². The average molecular weight is 558 g/mol. The highest BCUT2D eigenvalue weighted by Gasteiger charge is 2.26. The summed E-state index contributed by atoms with van der Waals surface area (Å²) in [6.07, 6.45) is 1.51. The summed E-state index contributed by atoms with van der Waals surface area (Å²) in [5.41, 5.74) is 2.40. The molecule has 0 N–H and O–H groups in total. The van der Waals surface area contributed by atoms with Crippen LogP contribution in [0.2, 0.25) is 5.02 Å². The van der Waals surface area contributed by atoms with Gasteiger partial charge in [-0.25, -0.2) is 9.79 Å². The first-order valence-electron chi connectivity index (χ1n) is 10.3. The minimum Gasteiger partial charge on any atom is -0.493 e. The molecule has 0 radical (unpaired) electrons. The molecule has 0 aliphatic carbocycles. The minimum absolute atomic E-state index is 0.0295. The molecular weight excluding hydrogens is 540 g/mol. The Morgan fingerprint density at radius 2 is 1.97 bits per heavy atom. The zero-order valence-corrected chi connectivity index (χ0v) is 20.9. The number of esters is 1. The summed E-state index contributed by atoms with van der Waals surface area (Å²) in [4.78, 5) is 27.2. The Morgan fingerprint density at radius 3 is 2.66 bits per heavy atom. The van der Waals surface area contributed by atoms with Crippen LogP contribution in [0, 0.1) is 17.0 Å². The molecule has 1 aliphatic rings. The molecule has 0 unspecified atom stereocenters. The molecular formula is C25H18BrClN2O6. The number of carbonyl (C=O) groups is 1. The molecule has 10 heteroatoms. The normalized spacial score (nSPS) is 14.0. The summed E-state index contributed by atoms with van der Waals surface area (Å²) >= 11 is 9.96. The maximum atomic E-state index is 12.4. The number of aliphatic imine (C=N–C) groups is 1. The van der Waals surface area contributed by atoms with Crippen LogP contribution in [0.3, 0.4) is 0 Å². The number of cyclic esters (lactones) is 1. The molecule has 0 atom stereocenters. The number of nitrogens with zero attached hydrogens (tertiary/aromatic N) is 2. The molecule has 1 heterocycles. The van der Waals surface area contributed by atoms with Crippen molar-refractivity contribution in [3.05, 3.63) is 102 Å². The van der Waals surface area contributed by atoms with E-state index in [1.54, 1.807) is 25.1 Å². The number of nitro benzene ring substituents is 1. The molecule has 3 aromatic rings. The second-order valence-electron chi connectivity index (χ2n) is 7.51. The molecule has 0 fully saturated rings. The number of hydrogen-bond donors (Lipinski definition) is 0. The number of aryl methyl sites for hydroxylation is 1. The van der Waals surface area contributed by atoms with Gasteiger partial charge >= 0.3 is 5.97 Å². The molecule has 8 nitrogen and oxygen atoms in total. The third kappa shape index (κ3) is 5.36. The lowest BCUT2D eigenvalue weighted by Gasteiger charge is -2.14. The highest BCUT2D eigenvalue weighted by molar-refractivity contribution is 9.10. The van der Waals surface area contributed by atoms with E-state index < -0.39 is 10.9 Å². The van der Waals surface area contributed by atoms with Gasteiger partial charge < -0.3 is 14.2 Å². The Bertz CT molecular complexity index is 1400. The summed E-state index contributed by atoms with van der Waals surface area (Å²) in [5, 5.41) is 11.3. The van der Waals surface area contributed by atoms with Crippen molar-refractivity contribution >= 4 is 51.2 Å². The Balaban J connectivity index is 1.60. The Kier molecular flexibility index (Phi) is 7.18. The van der Waals surface area contributed by atoms with Crippen molar-refractivity contribution in [1.82, 2.24) is 0 Å². The first-order valence-corrected chi connectivity index (χ1v) is 11.5. The van der Waals surface area contributed by atoms with Crippen molar-refractivity contribution in [3.63, 3.8) is 0 Å². The van der Waals surface area contributed by atoms with Crippen LogP contribution in [0.15, 0.2) is 69.8 Å². The van der Waals surface area contributed by atoms with Gasteiger partial charge in [0.1, 0.15) is 6.61 Å². The van der Waals surface area contributed by atoms with Crippen molar-refractivity contribution in [1.29, 1.82) is 0 Å². The first-order chi connectivity index (χ1) is 16.8. The van der Waals surface area contributed by atoms with Gasteiger partial charge in [0.15, 0.2) is 17.2 Å². The summed E-state index contributed by atoms with van der Waals surface area (Å²) in [6, 6.07) is 15.3. The molecule has 4 rings (SSSR count). The second-order valence-corrected chi connectivity index (χ2v) is 8.77. The molecule has 0 aromatic heterocycles. The predicted octanol–water partition coefficient (Wildman–Crippen LogP) is 6.25. The highest BCUT2D eigenvalue weighted by Crippen LogP contribution is 2.38. The van der Waals surface area contributed by atoms with E-state index in [2.05, 4.69) is 20.9 Å². The fraction of sp³-hybridized carbons (Fsp3) is 0.120. The number of nitro groups is 1. The Morgan fingerprint density at radius 1 is 1.20 bits per heavy atom. The van der Waals surface area contributed by atoms with E-state index in [0.717, 1.165) is 10.0 Å². The molecule has 35 heavy (non-hydrogen) atoms. The van der Waals surface area contributed by atoms with Gasteiger partial charge in [0.25, 0.3) is 5.69 Å². The number of ether oxygens (including phenoxy) is 3. The summed E-state index contributed by atoms with van der Waals surface area (Å²) in [6.45, 7) is 1.87. The standard InChI is InChI=1S/C25H18BrClN2O6/c1-14-9-16(7-8-21(14)29(31)32)24-28-20(25(30)35-24)11-15-10-19(27)23(22(12-15)33-2)34-13-17-5-3-4-6-18(17)26/h3-12H,13H2,1-2H3/b20-11-. The third-order valence-corrected chi connectivity index (χ3v) is 6.20. The molecule has 1 aliphatic heterocycles. The largest absolute Gasteiger partial charge is 0.493 e. The molecule has 0 saturated heterocycles. The van der Waals surface area contributed by atoms with E-state index in [4.69, 9.17) is 25.8 Å². The molecule has 0 saturated carbocycles. The monoisotopic (exact) mass is 556 g/mol. The summed E-state index contributed by atoms with van der Waals surface area (Å²) < 4.78 is 17.5. The van der Waals surface area contributed by atoms with Gasteiger partial charge in [-0.1, -0.05) is 45.7 Å². The number of methoxy groups -OCH3 is 1. The van der Waals surface area contributed by atoms with Crippen molar-refractivity contribution in [3.8, 4) is 11.5 Å². The molecule has 3 aromatic carbocycles. The SMILES string of the molecule is COc1cc(/C=C2\N=C(c3ccc([N+](=O)[O-])c(C)c3)OC2=O)cc(Cl)c1OCc1ccccc1Br. The van der Waals surface area contributed by atoms with Gasteiger partial charge in [0, 0.05) is 27.2 Å². The predicted molar refractivity (Wildman–Crippen MR) is 135 cm³/mol. The van der Waals surface area contributed by atoms with E-state index in [9.17, 15) is 14.9 Å². The minimum atomic E-state index is -0.652. The second kappa shape index (κ2) is 10.3. The van der Waals surface area contributed by atoms with Crippen molar-refractivity contribution in [2.24, 2.45) is 4.99 Å². The third-order valence-electron chi connectivity index (χ3n) is 5.15. The number of carbonyl (C=O) groups excluding carboxylic acids is 1. The molecule has 0 amide bonds. The van der Waals surface area contributed by atoms with E-state index >= 15 is 0 Å². The van der Waals surface area contributed by atoms with Crippen LogP contribution in [0.25, 0.3) is 6.08 Å². The van der Waals surface area contributed by atoms with Gasteiger partial charge in [-0.05, 0) is 48.9 Å². The van der Waals surface area contributed by atoms with Crippen LogP contribution in [0.4, 0.5) is 5.69 Å². The average Bonchev–Trinajstić information content (AvgIpc) is 3.18. The Hall–Kier alpha value is -3.69. The number of halogens is 2. The quantitative estimate of drug-likeness (QED) is 0.147. The smallest absolute Gasteiger partial charge is 0.363 e. The van der Waals surface area contributed by atoms with Gasteiger partial charge in [-0.3, -0.25) is 10.1 Å². The highest BCUT2D eigenvalue weighted by atomic mass is 79.9. The van der Waals surface area contributed by atoms with Crippen LogP contribution in [-0.2, 0) is 16.1 Å². The number of rotatable bonds is 7. The van der Waals surface area contributed by atoms with Crippen molar-refractivity contribution in [2.45, 2.75) is 13.5 Å². The van der Waals surface area contributed by atoms with Crippen molar-refractivity contribution < 1.29 is 23.9 Å². The zero-order valence-electron chi connectivity index (χ0n) is 18.6. The fourth-order valence-corrected chi connectivity index (χ4v) is 4.09. The number of benzene rings is 3. The summed E-state index contributed by atoms with van der Waals surface area (Å²) in [5.74, 6) is 0.163. The zero-order chi connectivity index (χ0) is 25.1. The van der Waals surface area contributed by atoms with Gasteiger partial charge in [-0.2, -0.15) is 0 Å². The first kappa shape index (κ1) is 24.4. The lowest BCUT2D eigenvalue weighted by Crippen LogP contribution is -2.06. The maximum absolute atomic E-state index is 12.4. The summed E-state index contributed by atoms with van der Waals surface area (Å²) in [7, 11) is 1.49. The maximum Gasteiger partial charge on any atom is 0.363 e. The molecule has 178 valence electrons. The van der Waals surface area contributed by atoms with Gasteiger partial charge in [0.2, 0.25) is 5.90 Å². The van der Waals surface area contributed by atoms with E-state index in [1.165, 1.54) is 25.3 Å². The topological polar surface area (TPSA) is 100 Å². The van der Waals surface area contributed by atoms with Crippen LogP contribution in [-0.4, -0.2) is 23.9 Å². The van der Waals surface area contributed by atoms with Crippen LogP contribution >= 0.6 is 27.5 Å². The van der Waals surface area contributed by atoms with Crippen LogP contribution in [0.1, 0.15) is 22.3 Å². The van der Waals surface area contributed by atoms with E-state index in [-0.39, 0.29) is 23.9 Å². The van der Waals surface area contributed by atoms with Gasteiger partial charge in [-0.15, -0.1) is 0 Å². The molecule has 0 bridgehead atoms. The van der Waals surface area contributed by atoms with E-state index in [1.807, 2.05) is 24.3 Å². The molecule has 0 spiro atoms. The van der Waals surface area contributed by atoms with Crippen LogP contribution < -0.4 is 9.47 Å². The lowest BCUT2D eigenvalue weighted by atomic mass is 10.1. The number of hydrogen-bond acceptors (Lipinski definition) is 7. The Labute approximate surface area is 214 Å². The van der Waals surface area contributed by atoms with Gasteiger partial charge in [0.05, 0.1) is 17.1 Å². The van der Waals surface area contributed by atoms with Crippen molar-refractivity contribution in [2.75, 3.05) is 7.11 Å². The fourth-order valence-electron chi connectivity index (χ4n) is 3.41. The van der Waals surface area contributed by atoms with E-state index in [0.29, 0.717) is 33.2 Å². The lowest BCUT2D eigenvalue weighted by molar-refractivity contribution is -0.385.